The molecule has 68 valence electrons. The van der Waals surface area contributed by atoms with Crippen molar-refractivity contribution in [2.45, 2.75) is 6.23 Å². The van der Waals surface area contributed by atoms with Gasteiger partial charge in [0.2, 0.25) is 0 Å². The van der Waals surface area contributed by atoms with E-state index in [4.69, 9.17) is 5.11 Å². The van der Waals surface area contributed by atoms with Crippen LogP contribution in [-0.4, -0.2) is 28.9 Å². The van der Waals surface area contributed by atoms with E-state index in [1.54, 1.807) is 24.4 Å². The topological polar surface area (TPSA) is 65.5 Å². The fourth-order valence-electron chi connectivity index (χ4n) is 1.23. The molecule has 0 aliphatic carbocycles. The van der Waals surface area contributed by atoms with Crippen LogP contribution in [0.25, 0.3) is 0 Å². The molecule has 1 atom stereocenters. The van der Waals surface area contributed by atoms with Crippen LogP contribution in [0, 0.1) is 0 Å². The Hall–Kier alpha value is -1.62. The maximum absolute atomic E-state index is 11.2. The number of anilines is 1. The number of hydrogen-bond acceptors (Lipinski definition) is 3. The lowest BCUT2D eigenvalue weighted by Gasteiger charge is -2.11. The number of pyridine rings is 1. The first kappa shape index (κ1) is 8.00. The van der Waals surface area contributed by atoms with Gasteiger partial charge < -0.3 is 10.4 Å². The van der Waals surface area contributed by atoms with Crippen molar-refractivity contribution in [1.82, 2.24) is 10.3 Å². The van der Waals surface area contributed by atoms with Crippen LogP contribution in [0.5, 0.6) is 0 Å². The van der Waals surface area contributed by atoms with E-state index < -0.39 is 6.23 Å². The van der Waals surface area contributed by atoms with Crippen LogP contribution in [0.3, 0.4) is 0 Å². The van der Waals surface area contributed by atoms with Gasteiger partial charge in [0, 0.05) is 6.20 Å². The number of urea groups is 1. The van der Waals surface area contributed by atoms with E-state index in [0.29, 0.717) is 5.82 Å². The average Bonchev–Trinajstić information content (AvgIpc) is 2.47. The Morgan fingerprint density at radius 1 is 1.62 bits per heavy atom. The molecule has 1 aromatic heterocycles. The fourth-order valence-corrected chi connectivity index (χ4v) is 1.23. The summed E-state index contributed by atoms with van der Waals surface area (Å²) in [7, 11) is 0. The zero-order valence-corrected chi connectivity index (χ0v) is 6.84. The molecule has 1 aromatic rings. The molecule has 2 rings (SSSR count). The van der Waals surface area contributed by atoms with Crippen molar-refractivity contribution < 1.29 is 9.90 Å². The van der Waals surface area contributed by atoms with E-state index in [9.17, 15) is 4.79 Å². The molecular formula is C8H9N3O2. The molecule has 1 fully saturated rings. The number of aliphatic hydroxyl groups is 1. The number of nitrogens with one attached hydrogen (secondary N) is 1. The highest BCUT2D eigenvalue weighted by atomic mass is 16.3. The summed E-state index contributed by atoms with van der Waals surface area (Å²) in [5.41, 5.74) is 0. The maximum Gasteiger partial charge on any atom is 0.325 e. The Morgan fingerprint density at radius 2 is 2.46 bits per heavy atom. The number of carbonyl (C=O) groups excluding carboxylic acids is 1. The van der Waals surface area contributed by atoms with E-state index in [2.05, 4.69) is 10.3 Å². The van der Waals surface area contributed by atoms with Gasteiger partial charge in [-0.2, -0.15) is 0 Å². The summed E-state index contributed by atoms with van der Waals surface area (Å²) in [5.74, 6) is 0.552. The maximum atomic E-state index is 11.2. The number of aliphatic hydroxyl groups excluding tert-OH is 1. The summed E-state index contributed by atoms with van der Waals surface area (Å²) in [5, 5.41) is 11.5. The number of carbonyl (C=O) groups is 1. The van der Waals surface area contributed by atoms with E-state index in [0.717, 1.165) is 0 Å². The minimum atomic E-state index is -0.797. The van der Waals surface area contributed by atoms with Gasteiger partial charge in [0.05, 0.1) is 6.54 Å². The van der Waals surface area contributed by atoms with Crippen LogP contribution in [-0.2, 0) is 0 Å². The smallest absolute Gasteiger partial charge is 0.325 e. The van der Waals surface area contributed by atoms with Crippen LogP contribution in [0.1, 0.15) is 0 Å². The lowest BCUT2D eigenvalue weighted by molar-refractivity contribution is 0.173. The van der Waals surface area contributed by atoms with Crippen LogP contribution in [0.15, 0.2) is 24.4 Å². The minimum absolute atomic E-state index is 0.246. The van der Waals surface area contributed by atoms with E-state index in [-0.39, 0.29) is 12.6 Å². The second-order valence-electron chi connectivity index (χ2n) is 2.76. The SMILES string of the molecule is O=C1NC(O)CN1c1ccccn1. The highest BCUT2D eigenvalue weighted by Gasteiger charge is 2.28. The van der Waals surface area contributed by atoms with E-state index in [1.165, 1.54) is 4.90 Å². The average molecular weight is 179 g/mol. The molecule has 1 aliphatic rings. The van der Waals surface area contributed by atoms with Crippen molar-refractivity contribution in [3.63, 3.8) is 0 Å². The zero-order chi connectivity index (χ0) is 9.26. The third-order valence-electron chi connectivity index (χ3n) is 1.82. The molecule has 2 heterocycles. The molecule has 2 N–H and O–H groups in total. The van der Waals surface area contributed by atoms with Crippen molar-refractivity contribution >= 4 is 11.8 Å². The van der Waals surface area contributed by atoms with Gasteiger partial charge in [-0.05, 0) is 12.1 Å². The third-order valence-corrected chi connectivity index (χ3v) is 1.82. The Labute approximate surface area is 75.0 Å². The van der Waals surface area contributed by atoms with Gasteiger partial charge in [-0.15, -0.1) is 0 Å². The van der Waals surface area contributed by atoms with Crippen molar-refractivity contribution in [2.75, 3.05) is 11.4 Å². The molecule has 0 bridgehead atoms. The fraction of sp³-hybridized carbons (Fsp3) is 0.250. The molecule has 1 aliphatic heterocycles. The number of hydrogen-bond donors (Lipinski definition) is 2. The lowest BCUT2D eigenvalue weighted by atomic mass is 10.4. The predicted octanol–water partition coefficient (Wildman–Crippen LogP) is -0.0704. The quantitative estimate of drug-likeness (QED) is 0.634. The highest BCUT2D eigenvalue weighted by molar-refractivity contribution is 5.93. The van der Waals surface area contributed by atoms with E-state index >= 15 is 0 Å². The van der Waals surface area contributed by atoms with Gasteiger partial charge in [-0.1, -0.05) is 6.07 Å². The van der Waals surface area contributed by atoms with E-state index in [1.807, 2.05) is 0 Å². The molecule has 5 heteroatoms. The summed E-state index contributed by atoms with van der Waals surface area (Å²) in [6.07, 6.45) is 0.808. The standard InChI is InChI=1S/C8H9N3O2/c12-7-5-11(8(13)10-7)6-3-1-2-4-9-6/h1-4,7,12H,5H2,(H,10,13). The number of rotatable bonds is 1. The minimum Gasteiger partial charge on any atom is -0.372 e. The highest BCUT2D eigenvalue weighted by Crippen LogP contribution is 2.13. The Bertz CT molecular complexity index is 314. The number of β-amino-alcohol motifs (C(OH)–C–C–N with tert-alkyl or cyclic N) is 1. The number of nitrogens with zero attached hydrogens (tertiary/aromatic N) is 2. The summed E-state index contributed by atoms with van der Waals surface area (Å²) in [6, 6.07) is 4.97. The number of aromatic nitrogens is 1. The Morgan fingerprint density at radius 3 is 3.00 bits per heavy atom. The normalized spacial score (nSPS) is 21.8. The van der Waals surface area contributed by atoms with Crippen LogP contribution < -0.4 is 10.2 Å². The third kappa shape index (κ3) is 1.46. The van der Waals surface area contributed by atoms with Crippen molar-refractivity contribution in [3.05, 3.63) is 24.4 Å². The van der Waals surface area contributed by atoms with Gasteiger partial charge in [-0.25, -0.2) is 9.78 Å². The van der Waals surface area contributed by atoms with Crippen LogP contribution in [0.4, 0.5) is 10.6 Å². The zero-order valence-electron chi connectivity index (χ0n) is 6.84. The van der Waals surface area contributed by atoms with Gasteiger partial charge in [0.1, 0.15) is 12.0 Å². The molecule has 13 heavy (non-hydrogen) atoms. The molecule has 0 radical (unpaired) electrons. The molecule has 0 aromatic carbocycles. The first-order valence-electron chi connectivity index (χ1n) is 3.94. The molecule has 2 amide bonds. The molecule has 1 unspecified atom stereocenters. The van der Waals surface area contributed by atoms with Gasteiger partial charge in [-0.3, -0.25) is 4.90 Å². The summed E-state index contributed by atoms with van der Waals surface area (Å²) in [4.78, 5) is 16.6. The molecule has 0 saturated carbocycles. The second-order valence-corrected chi connectivity index (χ2v) is 2.76. The Kier molecular flexibility index (Phi) is 1.86. The first-order chi connectivity index (χ1) is 6.27. The predicted molar refractivity (Wildman–Crippen MR) is 46.1 cm³/mol. The lowest BCUT2D eigenvalue weighted by Crippen LogP contribution is -2.28. The molecule has 0 spiro atoms. The van der Waals surface area contributed by atoms with Gasteiger partial charge >= 0.3 is 6.03 Å². The number of amides is 2. The van der Waals surface area contributed by atoms with Crippen molar-refractivity contribution in [2.24, 2.45) is 0 Å². The summed E-state index contributed by atoms with van der Waals surface area (Å²) in [6.45, 7) is 0.246. The van der Waals surface area contributed by atoms with Gasteiger partial charge in [0.15, 0.2) is 0 Å². The second kappa shape index (κ2) is 3.02. The summed E-state index contributed by atoms with van der Waals surface area (Å²) >= 11 is 0. The monoisotopic (exact) mass is 179 g/mol. The van der Waals surface area contributed by atoms with Crippen molar-refractivity contribution in [3.8, 4) is 0 Å². The van der Waals surface area contributed by atoms with Crippen LogP contribution in [0.2, 0.25) is 0 Å². The largest absolute Gasteiger partial charge is 0.372 e. The summed E-state index contributed by atoms with van der Waals surface area (Å²) < 4.78 is 0. The first-order valence-corrected chi connectivity index (χ1v) is 3.94. The van der Waals surface area contributed by atoms with Crippen molar-refractivity contribution in [1.29, 1.82) is 0 Å². The molecule has 5 nitrogen and oxygen atoms in total. The Balaban J connectivity index is 2.23. The van der Waals surface area contributed by atoms with Gasteiger partial charge in [0.25, 0.3) is 0 Å². The molecule has 1 saturated heterocycles. The molecular weight excluding hydrogens is 170 g/mol. The van der Waals surface area contributed by atoms with Crippen LogP contribution >= 0.6 is 0 Å².